The van der Waals surface area contributed by atoms with Gasteiger partial charge in [-0.15, -0.1) is 0 Å². The Morgan fingerprint density at radius 2 is 2.00 bits per heavy atom. The Hall–Kier alpha value is -3.22. The first-order valence-corrected chi connectivity index (χ1v) is 9.04. The molecule has 148 valence electrons. The van der Waals surface area contributed by atoms with Crippen LogP contribution in [0.25, 0.3) is 11.5 Å². The number of benzene rings is 1. The van der Waals surface area contributed by atoms with E-state index in [1.807, 2.05) is 0 Å². The van der Waals surface area contributed by atoms with Crippen molar-refractivity contribution in [3.63, 3.8) is 0 Å². The quantitative estimate of drug-likeness (QED) is 0.493. The largest absolute Gasteiger partial charge is 0.493 e. The minimum atomic E-state index is -0.491. The summed E-state index contributed by atoms with van der Waals surface area (Å²) in [5.41, 5.74) is 0.850. The van der Waals surface area contributed by atoms with Crippen LogP contribution in [0.15, 0.2) is 51.6 Å². The van der Waals surface area contributed by atoms with Crippen LogP contribution in [0.3, 0.4) is 0 Å². The molecule has 0 unspecified atom stereocenters. The van der Waals surface area contributed by atoms with Gasteiger partial charge in [-0.2, -0.15) is 0 Å². The van der Waals surface area contributed by atoms with Gasteiger partial charge in [-0.3, -0.25) is 0 Å². The molecule has 0 radical (unpaired) electrons. The fourth-order valence-electron chi connectivity index (χ4n) is 2.46. The minimum absolute atomic E-state index is 0.0159. The summed E-state index contributed by atoms with van der Waals surface area (Å²) in [4.78, 5) is 12.3. The highest BCUT2D eigenvalue weighted by molar-refractivity contribution is 5.90. The number of aromatic nitrogens is 1. The molecule has 1 aromatic carbocycles. The van der Waals surface area contributed by atoms with E-state index in [4.69, 9.17) is 23.2 Å². The van der Waals surface area contributed by atoms with E-state index < -0.39 is 5.97 Å². The standard InChI is InChI=1S/C21H23NO6/c1-14(2)8-10-26-18-7-6-15(11-19(18)24-3)21(23)27-13-16-12-20(28-22-16)17-5-4-9-25-17/h4-7,9,11-12,14H,8,10,13H2,1-3H3. The monoisotopic (exact) mass is 385 g/mol. The Balaban J connectivity index is 1.59. The summed E-state index contributed by atoms with van der Waals surface area (Å²) in [5, 5.41) is 3.88. The average Bonchev–Trinajstić information content (AvgIpc) is 3.37. The molecule has 7 nitrogen and oxygen atoms in total. The zero-order chi connectivity index (χ0) is 19.9. The summed E-state index contributed by atoms with van der Waals surface area (Å²) < 4.78 is 26.8. The lowest BCUT2D eigenvalue weighted by atomic mass is 10.1. The molecule has 0 aliphatic rings. The molecular weight excluding hydrogens is 362 g/mol. The Morgan fingerprint density at radius 1 is 1.14 bits per heavy atom. The fraction of sp³-hybridized carbons (Fsp3) is 0.333. The first kappa shape index (κ1) is 19.5. The van der Waals surface area contributed by atoms with Gasteiger partial charge >= 0.3 is 5.97 Å². The Labute approximate surface area is 163 Å². The molecule has 0 N–H and O–H groups in total. The third-order valence-electron chi connectivity index (χ3n) is 4.03. The number of nitrogens with zero attached hydrogens (tertiary/aromatic N) is 1. The zero-order valence-electron chi connectivity index (χ0n) is 16.1. The van der Waals surface area contributed by atoms with Crippen LogP contribution >= 0.6 is 0 Å². The van der Waals surface area contributed by atoms with Gasteiger partial charge in [0, 0.05) is 6.07 Å². The van der Waals surface area contributed by atoms with Crippen LogP contribution in [-0.4, -0.2) is 24.8 Å². The van der Waals surface area contributed by atoms with E-state index in [1.54, 1.807) is 42.7 Å². The van der Waals surface area contributed by atoms with E-state index in [2.05, 4.69) is 19.0 Å². The van der Waals surface area contributed by atoms with Crippen LogP contribution in [0.5, 0.6) is 11.5 Å². The van der Waals surface area contributed by atoms with E-state index in [9.17, 15) is 4.79 Å². The third kappa shape index (κ3) is 4.94. The van der Waals surface area contributed by atoms with Crippen molar-refractivity contribution in [1.29, 1.82) is 0 Å². The van der Waals surface area contributed by atoms with E-state index in [0.29, 0.717) is 46.8 Å². The molecule has 7 heteroatoms. The molecule has 0 atom stereocenters. The highest BCUT2D eigenvalue weighted by Gasteiger charge is 2.15. The Bertz CT molecular complexity index is 898. The molecule has 0 aliphatic carbocycles. The van der Waals surface area contributed by atoms with Crippen LogP contribution in [0.2, 0.25) is 0 Å². The lowest BCUT2D eigenvalue weighted by molar-refractivity contribution is 0.0464. The maximum absolute atomic E-state index is 12.3. The number of carbonyl (C=O) groups excluding carboxylic acids is 1. The van der Waals surface area contributed by atoms with Crippen molar-refractivity contribution < 1.29 is 27.9 Å². The molecule has 3 rings (SSSR count). The average molecular weight is 385 g/mol. The van der Waals surface area contributed by atoms with E-state index in [0.717, 1.165) is 6.42 Å². The molecule has 0 aliphatic heterocycles. The Morgan fingerprint density at radius 3 is 2.71 bits per heavy atom. The second kappa shape index (κ2) is 9.12. The van der Waals surface area contributed by atoms with Crippen molar-refractivity contribution in [2.45, 2.75) is 26.9 Å². The zero-order valence-corrected chi connectivity index (χ0v) is 16.1. The topological polar surface area (TPSA) is 83.9 Å². The predicted octanol–water partition coefficient (Wildman–Crippen LogP) is 4.73. The van der Waals surface area contributed by atoms with Crippen LogP contribution in [0, 0.1) is 5.92 Å². The van der Waals surface area contributed by atoms with Crippen molar-refractivity contribution in [2.24, 2.45) is 5.92 Å². The molecule has 0 bridgehead atoms. The summed E-state index contributed by atoms with van der Waals surface area (Å²) >= 11 is 0. The number of hydrogen-bond donors (Lipinski definition) is 0. The summed E-state index contributed by atoms with van der Waals surface area (Å²) in [6, 6.07) is 10.1. The van der Waals surface area contributed by atoms with Crippen LogP contribution < -0.4 is 9.47 Å². The summed E-state index contributed by atoms with van der Waals surface area (Å²) in [5.74, 6) is 2.17. The molecule has 2 aromatic heterocycles. The number of methoxy groups -OCH3 is 1. The molecule has 3 aromatic rings. The van der Waals surface area contributed by atoms with Gasteiger partial charge in [0.2, 0.25) is 5.76 Å². The number of esters is 1. The number of carbonyl (C=O) groups is 1. The second-order valence-corrected chi connectivity index (χ2v) is 6.63. The summed E-state index contributed by atoms with van der Waals surface area (Å²) in [6.07, 6.45) is 2.48. The number of hydrogen-bond acceptors (Lipinski definition) is 7. The van der Waals surface area contributed by atoms with Gasteiger partial charge in [-0.25, -0.2) is 4.79 Å². The maximum atomic E-state index is 12.3. The first-order chi connectivity index (χ1) is 13.6. The van der Waals surface area contributed by atoms with Crippen LogP contribution in [-0.2, 0) is 11.3 Å². The SMILES string of the molecule is COc1cc(C(=O)OCc2cc(-c3ccco3)on2)ccc1OCCC(C)C. The molecule has 0 spiro atoms. The van der Waals surface area contributed by atoms with Gasteiger partial charge < -0.3 is 23.2 Å². The van der Waals surface area contributed by atoms with Gasteiger partial charge in [0.1, 0.15) is 12.3 Å². The summed E-state index contributed by atoms with van der Waals surface area (Å²) in [6.45, 7) is 4.83. The lowest BCUT2D eigenvalue weighted by Gasteiger charge is -2.12. The molecule has 0 saturated heterocycles. The minimum Gasteiger partial charge on any atom is -0.493 e. The second-order valence-electron chi connectivity index (χ2n) is 6.63. The van der Waals surface area contributed by atoms with Gasteiger partial charge in [0.25, 0.3) is 0 Å². The lowest BCUT2D eigenvalue weighted by Crippen LogP contribution is -2.07. The van der Waals surface area contributed by atoms with E-state index in [1.165, 1.54) is 7.11 Å². The molecular formula is C21H23NO6. The predicted molar refractivity (Wildman–Crippen MR) is 101 cm³/mol. The van der Waals surface area contributed by atoms with Crippen molar-refractivity contribution >= 4 is 5.97 Å². The van der Waals surface area contributed by atoms with Gasteiger partial charge in [-0.1, -0.05) is 19.0 Å². The normalized spacial score (nSPS) is 10.9. The number of furan rings is 1. The van der Waals surface area contributed by atoms with Crippen molar-refractivity contribution in [3.05, 3.63) is 53.9 Å². The third-order valence-corrected chi connectivity index (χ3v) is 4.03. The highest BCUT2D eigenvalue weighted by Crippen LogP contribution is 2.29. The van der Waals surface area contributed by atoms with Gasteiger partial charge in [0.15, 0.2) is 17.3 Å². The van der Waals surface area contributed by atoms with Crippen molar-refractivity contribution in [1.82, 2.24) is 5.16 Å². The first-order valence-electron chi connectivity index (χ1n) is 9.04. The molecule has 28 heavy (non-hydrogen) atoms. The highest BCUT2D eigenvalue weighted by atomic mass is 16.5. The van der Waals surface area contributed by atoms with Gasteiger partial charge in [0.05, 0.1) is 25.5 Å². The molecule has 0 saturated carbocycles. The molecule has 0 amide bonds. The van der Waals surface area contributed by atoms with Crippen LogP contribution in [0.1, 0.15) is 36.3 Å². The Kier molecular flexibility index (Phi) is 6.37. The van der Waals surface area contributed by atoms with Crippen LogP contribution in [0.4, 0.5) is 0 Å². The van der Waals surface area contributed by atoms with Crippen molar-refractivity contribution in [3.8, 4) is 23.0 Å². The number of rotatable bonds is 9. The van der Waals surface area contributed by atoms with E-state index >= 15 is 0 Å². The maximum Gasteiger partial charge on any atom is 0.338 e. The summed E-state index contributed by atoms with van der Waals surface area (Å²) in [7, 11) is 1.53. The number of ether oxygens (including phenoxy) is 3. The smallest absolute Gasteiger partial charge is 0.338 e. The molecule has 2 heterocycles. The molecule has 0 fully saturated rings. The van der Waals surface area contributed by atoms with E-state index in [-0.39, 0.29) is 6.61 Å². The van der Waals surface area contributed by atoms with Gasteiger partial charge in [-0.05, 0) is 42.7 Å². The fourth-order valence-corrected chi connectivity index (χ4v) is 2.46. The van der Waals surface area contributed by atoms with Crippen molar-refractivity contribution in [2.75, 3.05) is 13.7 Å².